The number of likely N-dealkylation sites (tertiary alicyclic amines) is 1. The van der Waals surface area contributed by atoms with Gasteiger partial charge in [0.05, 0.1) is 0 Å². The number of carbonyl (C=O) groups is 2. The number of piperidine rings is 1. The van der Waals surface area contributed by atoms with Crippen LogP contribution >= 0.6 is 12.4 Å². The Labute approximate surface area is 174 Å². The summed E-state index contributed by atoms with van der Waals surface area (Å²) >= 11 is 0. The van der Waals surface area contributed by atoms with Gasteiger partial charge in [-0.05, 0) is 62.3 Å². The lowest BCUT2D eigenvalue weighted by molar-refractivity contribution is -0.120. The average Bonchev–Trinajstić information content (AvgIpc) is 3.17. The highest BCUT2D eigenvalue weighted by Gasteiger charge is 2.38. The van der Waals surface area contributed by atoms with Crippen LogP contribution in [0.5, 0.6) is 0 Å². The maximum atomic E-state index is 12.9. The summed E-state index contributed by atoms with van der Waals surface area (Å²) < 4.78 is 0. The molecule has 6 heteroatoms. The van der Waals surface area contributed by atoms with Crippen LogP contribution in [0.1, 0.15) is 61.7 Å². The molecule has 28 heavy (non-hydrogen) atoms. The fraction of sp³-hybridized carbons (Fsp3) is 0.636. The zero-order valence-corrected chi connectivity index (χ0v) is 17.4. The van der Waals surface area contributed by atoms with Gasteiger partial charge in [-0.15, -0.1) is 12.4 Å². The van der Waals surface area contributed by atoms with Gasteiger partial charge in [-0.2, -0.15) is 0 Å². The molecule has 0 bridgehead atoms. The maximum absolute atomic E-state index is 12.9. The molecule has 0 aromatic heterocycles. The average molecular weight is 406 g/mol. The van der Waals surface area contributed by atoms with E-state index in [0.717, 1.165) is 70.4 Å². The molecule has 2 N–H and O–H groups in total. The van der Waals surface area contributed by atoms with Crippen LogP contribution in [-0.4, -0.2) is 42.9 Å². The van der Waals surface area contributed by atoms with E-state index in [2.05, 4.69) is 10.6 Å². The normalized spacial score (nSPS) is 21.9. The number of amides is 2. The topological polar surface area (TPSA) is 61.4 Å². The molecule has 3 aliphatic rings. The highest BCUT2D eigenvalue weighted by atomic mass is 35.5. The molecule has 154 valence electrons. The molecule has 1 aromatic rings. The van der Waals surface area contributed by atoms with Gasteiger partial charge in [0, 0.05) is 36.8 Å². The number of anilines is 1. The first-order valence-electron chi connectivity index (χ1n) is 10.6. The molecule has 1 aromatic carbocycles. The summed E-state index contributed by atoms with van der Waals surface area (Å²) in [7, 11) is 0. The van der Waals surface area contributed by atoms with E-state index in [1.54, 1.807) is 0 Å². The van der Waals surface area contributed by atoms with Gasteiger partial charge in [0.2, 0.25) is 5.91 Å². The summed E-state index contributed by atoms with van der Waals surface area (Å²) in [6.07, 6.45) is 8.89. The monoisotopic (exact) mass is 405 g/mol. The van der Waals surface area contributed by atoms with Crippen molar-refractivity contribution in [1.82, 2.24) is 10.2 Å². The van der Waals surface area contributed by atoms with E-state index in [4.69, 9.17) is 0 Å². The van der Waals surface area contributed by atoms with Crippen LogP contribution in [0.3, 0.4) is 0 Å². The third-order valence-electron chi connectivity index (χ3n) is 6.80. The Morgan fingerprint density at radius 1 is 1.07 bits per heavy atom. The number of nitrogens with zero attached hydrogens (tertiary/aromatic N) is 1. The van der Waals surface area contributed by atoms with Crippen LogP contribution in [0.15, 0.2) is 24.3 Å². The van der Waals surface area contributed by atoms with Gasteiger partial charge in [-0.25, -0.2) is 0 Å². The molecule has 5 nitrogen and oxygen atoms in total. The first kappa shape index (κ1) is 21.1. The second-order valence-corrected chi connectivity index (χ2v) is 8.62. The lowest BCUT2D eigenvalue weighted by Crippen LogP contribution is -2.44. The zero-order valence-electron chi connectivity index (χ0n) is 16.5. The van der Waals surface area contributed by atoms with Crippen molar-refractivity contribution in [1.29, 1.82) is 0 Å². The smallest absolute Gasteiger partial charge is 0.253 e. The summed E-state index contributed by atoms with van der Waals surface area (Å²) in [4.78, 5) is 27.4. The third kappa shape index (κ3) is 4.69. The molecule has 0 radical (unpaired) electrons. The third-order valence-corrected chi connectivity index (χ3v) is 6.80. The highest BCUT2D eigenvalue weighted by molar-refractivity contribution is 5.97. The van der Waals surface area contributed by atoms with E-state index in [1.807, 2.05) is 29.2 Å². The fourth-order valence-corrected chi connectivity index (χ4v) is 4.93. The standard InChI is InChI=1S/C22H31N3O2.ClH/c26-20(17-5-2-1-3-6-17)24-19-8-4-7-18(15-19)21(27)25-13-10-22(11-14-25)9-12-23-16-22;/h4,7-8,15,17,23H,1-3,5-6,9-14,16H2,(H,24,26);1H. The Morgan fingerprint density at radius 3 is 2.50 bits per heavy atom. The van der Waals surface area contributed by atoms with Gasteiger partial charge in [-0.3, -0.25) is 9.59 Å². The predicted octanol–water partition coefficient (Wildman–Crippen LogP) is 3.84. The van der Waals surface area contributed by atoms with Crippen molar-refractivity contribution in [2.75, 3.05) is 31.5 Å². The van der Waals surface area contributed by atoms with Gasteiger partial charge < -0.3 is 15.5 Å². The number of rotatable bonds is 3. The Hall–Kier alpha value is -1.59. The first-order valence-corrected chi connectivity index (χ1v) is 10.6. The summed E-state index contributed by atoms with van der Waals surface area (Å²) in [6.45, 7) is 3.87. The Morgan fingerprint density at radius 2 is 1.82 bits per heavy atom. The molecule has 2 amide bonds. The number of benzene rings is 1. The van der Waals surface area contributed by atoms with E-state index in [9.17, 15) is 9.59 Å². The van der Waals surface area contributed by atoms with Crippen LogP contribution < -0.4 is 10.6 Å². The predicted molar refractivity (Wildman–Crippen MR) is 114 cm³/mol. The van der Waals surface area contributed by atoms with Gasteiger partial charge >= 0.3 is 0 Å². The molecule has 0 atom stereocenters. The van der Waals surface area contributed by atoms with E-state index >= 15 is 0 Å². The fourth-order valence-electron chi connectivity index (χ4n) is 4.93. The Bertz CT molecular complexity index is 687. The number of nitrogens with one attached hydrogen (secondary N) is 2. The molecule has 1 aliphatic carbocycles. The zero-order chi connectivity index (χ0) is 18.7. The number of hydrogen-bond acceptors (Lipinski definition) is 3. The quantitative estimate of drug-likeness (QED) is 0.803. The van der Waals surface area contributed by atoms with Gasteiger partial charge in [-0.1, -0.05) is 25.3 Å². The van der Waals surface area contributed by atoms with Gasteiger partial charge in [0.25, 0.3) is 5.91 Å². The van der Waals surface area contributed by atoms with Crippen molar-refractivity contribution in [3.05, 3.63) is 29.8 Å². The lowest BCUT2D eigenvalue weighted by Gasteiger charge is -2.39. The van der Waals surface area contributed by atoms with Gasteiger partial charge in [0.1, 0.15) is 0 Å². The molecule has 3 fully saturated rings. The van der Waals surface area contributed by atoms with Gasteiger partial charge in [0.15, 0.2) is 0 Å². The lowest BCUT2D eigenvalue weighted by atomic mass is 9.78. The minimum Gasteiger partial charge on any atom is -0.339 e. The highest BCUT2D eigenvalue weighted by Crippen LogP contribution is 2.37. The molecular weight excluding hydrogens is 374 g/mol. The molecular formula is C22H32ClN3O2. The molecule has 2 saturated heterocycles. The SMILES string of the molecule is Cl.O=C(Nc1cccc(C(=O)N2CCC3(CCNC3)CC2)c1)C1CCCCC1. The molecule has 1 spiro atoms. The van der Waals surface area contributed by atoms with E-state index in [1.165, 1.54) is 12.8 Å². The molecule has 2 aliphatic heterocycles. The van der Waals surface area contributed by atoms with Crippen molar-refractivity contribution in [2.24, 2.45) is 11.3 Å². The van der Waals surface area contributed by atoms with Crippen LogP contribution in [0.4, 0.5) is 5.69 Å². The van der Waals surface area contributed by atoms with E-state index in [-0.39, 0.29) is 30.1 Å². The molecule has 2 heterocycles. The maximum Gasteiger partial charge on any atom is 0.253 e. The van der Waals surface area contributed by atoms with Crippen LogP contribution in [0, 0.1) is 11.3 Å². The molecule has 0 unspecified atom stereocenters. The minimum absolute atomic E-state index is 0. The molecule has 1 saturated carbocycles. The summed E-state index contributed by atoms with van der Waals surface area (Å²) in [5.74, 6) is 0.314. The van der Waals surface area contributed by atoms with Crippen molar-refractivity contribution >= 4 is 29.9 Å². The van der Waals surface area contributed by atoms with E-state index < -0.39 is 0 Å². The summed E-state index contributed by atoms with van der Waals surface area (Å²) in [5.41, 5.74) is 1.83. The second kappa shape index (κ2) is 9.27. The summed E-state index contributed by atoms with van der Waals surface area (Å²) in [6, 6.07) is 7.45. The number of carbonyl (C=O) groups excluding carboxylic acids is 2. The van der Waals surface area contributed by atoms with E-state index in [0.29, 0.717) is 11.0 Å². The first-order chi connectivity index (χ1) is 13.2. The largest absolute Gasteiger partial charge is 0.339 e. The van der Waals surface area contributed by atoms with Crippen LogP contribution in [0.2, 0.25) is 0 Å². The van der Waals surface area contributed by atoms with Crippen molar-refractivity contribution in [2.45, 2.75) is 51.4 Å². The Balaban J connectivity index is 0.00000225. The van der Waals surface area contributed by atoms with Crippen molar-refractivity contribution in [3.63, 3.8) is 0 Å². The number of halogens is 1. The molecule has 4 rings (SSSR count). The number of hydrogen-bond donors (Lipinski definition) is 2. The minimum atomic E-state index is 0. The van der Waals surface area contributed by atoms with Crippen molar-refractivity contribution < 1.29 is 9.59 Å². The Kier molecular flexibility index (Phi) is 7.00. The van der Waals surface area contributed by atoms with Crippen LogP contribution in [-0.2, 0) is 4.79 Å². The van der Waals surface area contributed by atoms with Crippen LogP contribution in [0.25, 0.3) is 0 Å². The van der Waals surface area contributed by atoms with Crippen molar-refractivity contribution in [3.8, 4) is 0 Å². The summed E-state index contributed by atoms with van der Waals surface area (Å²) in [5, 5.41) is 6.50. The second-order valence-electron chi connectivity index (χ2n) is 8.62.